The molecule has 10 heavy (non-hydrogen) atoms. The van der Waals surface area contributed by atoms with Crippen LogP contribution in [-0.2, 0) is 0 Å². The van der Waals surface area contributed by atoms with E-state index >= 15 is 0 Å². The Balaban J connectivity index is 0. The van der Waals surface area contributed by atoms with E-state index in [9.17, 15) is 0 Å². The Labute approximate surface area is 81.2 Å². The summed E-state index contributed by atoms with van der Waals surface area (Å²) < 4.78 is 0. The van der Waals surface area contributed by atoms with Gasteiger partial charge in [-0.3, -0.25) is 0 Å². The molecular weight excluding hydrogens is 132 g/mol. The minimum absolute atomic E-state index is 0. The number of rotatable bonds is 0. The minimum atomic E-state index is 0. The van der Waals surface area contributed by atoms with Gasteiger partial charge >= 0.3 is 23.1 Å². The fourth-order valence-electron chi connectivity index (χ4n) is 0.898. The van der Waals surface area contributed by atoms with Gasteiger partial charge in [0.2, 0.25) is 0 Å². The molecule has 1 saturated carbocycles. The Kier molecular flexibility index (Phi) is 15.7. The maximum atomic E-state index is 3.25. The summed E-state index contributed by atoms with van der Waals surface area (Å²) >= 11 is 0. The summed E-state index contributed by atoms with van der Waals surface area (Å²) in [4.78, 5) is 0. The number of hydrogen-bond donors (Lipinski definition) is 0. The van der Waals surface area contributed by atoms with E-state index in [1.54, 1.807) is 0 Å². The Bertz CT molecular complexity index is 44.2. The average molecular weight is 149 g/mol. The van der Waals surface area contributed by atoms with E-state index in [2.05, 4.69) is 19.9 Å². The zero-order valence-electron chi connectivity index (χ0n) is 6.81. The van der Waals surface area contributed by atoms with E-state index in [-0.39, 0.29) is 23.1 Å². The van der Waals surface area contributed by atoms with Crippen molar-refractivity contribution in [1.29, 1.82) is 0 Å². The zero-order chi connectivity index (χ0) is 6.95. The first-order chi connectivity index (χ1) is 4.41. The number of allylic oxidation sites excluding steroid dienone is 1. The molecule has 0 radical (unpaired) electrons. The van der Waals surface area contributed by atoms with Gasteiger partial charge in [0.25, 0.3) is 0 Å². The zero-order valence-corrected chi connectivity index (χ0v) is 8.23. The van der Waals surface area contributed by atoms with Gasteiger partial charge in [-0.1, -0.05) is 19.3 Å². The largest absolute Gasteiger partial charge is 2.00 e. The molecule has 0 N–H and O–H groups in total. The van der Waals surface area contributed by atoms with E-state index in [1.165, 1.54) is 38.2 Å². The molecule has 1 aliphatic rings. The molecule has 1 rings (SSSR count). The Morgan fingerprint density at radius 1 is 1.20 bits per heavy atom. The van der Waals surface area contributed by atoms with Gasteiger partial charge in [0.1, 0.15) is 0 Å². The van der Waals surface area contributed by atoms with Crippen molar-refractivity contribution in [2.24, 2.45) is 0 Å². The van der Waals surface area contributed by atoms with Crippen molar-refractivity contribution in [3.8, 4) is 0 Å². The molecule has 1 fully saturated rings. The molecule has 0 spiro atoms. The van der Waals surface area contributed by atoms with Gasteiger partial charge in [-0.15, -0.1) is 0 Å². The summed E-state index contributed by atoms with van der Waals surface area (Å²) in [6, 6.07) is 0. The fourth-order valence-corrected chi connectivity index (χ4v) is 0.898. The van der Waals surface area contributed by atoms with Crippen LogP contribution in [0.3, 0.4) is 0 Å². The molecule has 1 aliphatic carbocycles. The Morgan fingerprint density at radius 3 is 1.70 bits per heavy atom. The molecule has 0 aliphatic heterocycles. The Morgan fingerprint density at radius 2 is 1.60 bits per heavy atom. The summed E-state index contributed by atoms with van der Waals surface area (Å²) in [6.45, 7) is 6.50. The molecule has 0 aromatic rings. The molecule has 0 bridgehead atoms. The first kappa shape index (κ1) is 13.0. The molecule has 0 atom stereocenters. The molecule has 0 aromatic carbocycles. The molecule has 1 heteroatoms. The average Bonchev–Trinajstić information content (AvgIpc) is 1.93. The molecular formula is C9H16Mg. The standard InChI is InChI=1S/C6H11.C3H5.Mg/c1-2-4-6-5-3-1;1-3-2;/h1H,2-6H2;3H,1-2H2;/q2*-1;+2. The molecule has 54 valence electrons. The third-order valence-corrected chi connectivity index (χ3v) is 1.32. The van der Waals surface area contributed by atoms with Gasteiger partial charge in [-0.2, -0.15) is 12.8 Å². The van der Waals surface area contributed by atoms with E-state index in [0.717, 1.165) is 0 Å². The first-order valence-corrected chi connectivity index (χ1v) is 3.63. The van der Waals surface area contributed by atoms with Crippen LogP contribution in [0.15, 0.2) is 12.7 Å². The summed E-state index contributed by atoms with van der Waals surface area (Å²) in [5.41, 5.74) is 0. The van der Waals surface area contributed by atoms with Crippen molar-refractivity contribution in [2.75, 3.05) is 0 Å². The second-order valence-electron chi connectivity index (χ2n) is 2.22. The van der Waals surface area contributed by atoms with E-state index in [0.29, 0.717) is 0 Å². The van der Waals surface area contributed by atoms with Crippen LogP contribution in [0.4, 0.5) is 0 Å². The van der Waals surface area contributed by atoms with Crippen molar-refractivity contribution in [2.45, 2.75) is 32.1 Å². The van der Waals surface area contributed by atoms with Crippen LogP contribution in [0, 0.1) is 13.3 Å². The third-order valence-electron chi connectivity index (χ3n) is 1.32. The molecule has 0 aromatic heterocycles. The van der Waals surface area contributed by atoms with E-state index in [4.69, 9.17) is 0 Å². The van der Waals surface area contributed by atoms with Crippen LogP contribution >= 0.6 is 0 Å². The molecule has 0 heterocycles. The number of hydrogen-bond acceptors (Lipinski definition) is 0. The van der Waals surface area contributed by atoms with Gasteiger partial charge in [-0.05, 0) is 0 Å². The molecule has 0 unspecified atom stereocenters. The molecule has 0 saturated heterocycles. The van der Waals surface area contributed by atoms with Crippen LogP contribution < -0.4 is 0 Å². The first-order valence-electron chi connectivity index (χ1n) is 3.63. The van der Waals surface area contributed by atoms with Crippen LogP contribution in [0.25, 0.3) is 0 Å². The van der Waals surface area contributed by atoms with Gasteiger partial charge in [0.05, 0.1) is 0 Å². The predicted octanol–water partition coefficient (Wildman–Crippen LogP) is 2.78. The maximum Gasteiger partial charge on any atom is 2.00 e. The molecule has 0 nitrogen and oxygen atoms in total. The Hall–Kier alpha value is 0.376. The molecule has 0 amide bonds. The van der Waals surface area contributed by atoms with Crippen molar-refractivity contribution in [3.63, 3.8) is 0 Å². The summed E-state index contributed by atoms with van der Waals surface area (Å²) in [6.07, 6.45) is 11.0. The van der Waals surface area contributed by atoms with Crippen molar-refractivity contribution >= 4 is 23.1 Å². The van der Waals surface area contributed by atoms with Gasteiger partial charge in [0, 0.05) is 0 Å². The van der Waals surface area contributed by atoms with E-state index < -0.39 is 0 Å². The van der Waals surface area contributed by atoms with E-state index in [1.807, 2.05) is 0 Å². The van der Waals surface area contributed by atoms with Crippen molar-refractivity contribution in [3.05, 3.63) is 26.0 Å². The maximum absolute atomic E-state index is 3.25. The second kappa shape index (κ2) is 12.1. The fraction of sp³-hybridized carbons (Fsp3) is 0.556. The monoisotopic (exact) mass is 148 g/mol. The van der Waals surface area contributed by atoms with Gasteiger partial charge < -0.3 is 6.42 Å². The normalized spacial score (nSPS) is 15.6. The van der Waals surface area contributed by atoms with Crippen LogP contribution in [0.5, 0.6) is 0 Å². The van der Waals surface area contributed by atoms with Crippen molar-refractivity contribution in [1.82, 2.24) is 0 Å². The second-order valence-corrected chi connectivity index (χ2v) is 2.22. The van der Waals surface area contributed by atoms with Crippen LogP contribution in [0.2, 0.25) is 0 Å². The SMILES string of the molecule is C=C[CH2-].[CH-]1CCCCC1.[Mg+2]. The third kappa shape index (κ3) is 11.2. The van der Waals surface area contributed by atoms with Crippen molar-refractivity contribution < 1.29 is 0 Å². The summed E-state index contributed by atoms with van der Waals surface area (Å²) in [5.74, 6) is 0. The summed E-state index contributed by atoms with van der Waals surface area (Å²) in [7, 11) is 0. The quantitative estimate of drug-likeness (QED) is 0.366. The smallest absolute Gasteiger partial charge is 0.328 e. The van der Waals surface area contributed by atoms with Crippen LogP contribution in [-0.4, -0.2) is 23.1 Å². The van der Waals surface area contributed by atoms with Gasteiger partial charge in [0.15, 0.2) is 0 Å². The topological polar surface area (TPSA) is 0 Å². The predicted molar refractivity (Wildman–Crippen MR) is 48.7 cm³/mol. The van der Waals surface area contributed by atoms with Gasteiger partial charge in [-0.25, -0.2) is 19.6 Å². The minimum Gasteiger partial charge on any atom is -0.328 e. The van der Waals surface area contributed by atoms with Crippen LogP contribution in [0.1, 0.15) is 32.1 Å². The summed E-state index contributed by atoms with van der Waals surface area (Å²) in [5, 5.41) is 0.